The van der Waals surface area contributed by atoms with E-state index < -0.39 is 16.6 Å². The average Bonchev–Trinajstić information content (AvgIpc) is 2.87. The third-order valence-corrected chi connectivity index (χ3v) is 6.64. The topological polar surface area (TPSA) is 82.1 Å². The minimum atomic E-state index is -0.605. The molecule has 0 radical (unpaired) electrons. The van der Waals surface area contributed by atoms with Crippen LogP contribution in [0.1, 0.15) is 79.0 Å². The van der Waals surface area contributed by atoms with Gasteiger partial charge in [-0.1, -0.05) is 54.6 Å². The zero-order chi connectivity index (χ0) is 29.9. The molecule has 40 heavy (non-hydrogen) atoms. The van der Waals surface area contributed by atoms with Crippen LogP contribution in [0.5, 0.6) is 0 Å². The number of rotatable bonds is 9. The molecule has 0 saturated carbocycles. The molecule has 0 aliphatic heterocycles. The maximum atomic E-state index is 13.3. The van der Waals surface area contributed by atoms with Gasteiger partial charge in [0.15, 0.2) is 0 Å². The van der Waals surface area contributed by atoms with E-state index in [9.17, 15) is 15.6 Å². The van der Waals surface area contributed by atoms with Crippen molar-refractivity contribution in [3.8, 4) is 0 Å². The fourth-order valence-electron chi connectivity index (χ4n) is 4.50. The van der Waals surface area contributed by atoms with Gasteiger partial charge in [0.2, 0.25) is 0 Å². The smallest absolute Gasteiger partial charge is 0.0308 e. The quantitative estimate of drug-likeness (QED) is 0.251. The van der Waals surface area contributed by atoms with Gasteiger partial charge in [-0.05, 0) is 97.2 Å². The minimum absolute atomic E-state index is 0.455. The van der Waals surface area contributed by atoms with Crippen molar-refractivity contribution < 1.29 is 0 Å². The molecule has 0 saturated heterocycles. The second-order valence-corrected chi connectivity index (χ2v) is 13.4. The molecule has 218 valence electrons. The van der Waals surface area contributed by atoms with Crippen molar-refractivity contribution in [1.82, 2.24) is 4.90 Å². The lowest BCUT2D eigenvalue weighted by atomic mass is 10.0. The van der Waals surface area contributed by atoms with Gasteiger partial charge in [0.25, 0.3) is 0 Å². The lowest BCUT2D eigenvalue weighted by molar-refractivity contribution is 0.247. The molecule has 7 nitrogen and oxygen atoms in total. The highest BCUT2D eigenvalue weighted by Gasteiger charge is 2.22. The van der Waals surface area contributed by atoms with Gasteiger partial charge in [-0.25, -0.2) is 0 Å². The maximum absolute atomic E-state index is 13.3. The molecule has 0 fully saturated rings. The van der Waals surface area contributed by atoms with Crippen LogP contribution < -0.4 is 15.2 Å². The third kappa shape index (κ3) is 7.76. The molecule has 0 N–H and O–H groups in total. The molecule has 0 amide bonds. The number of hydrogen-bond donors (Lipinski definition) is 0. The van der Waals surface area contributed by atoms with E-state index in [0.717, 1.165) is 31.9 Å². The van der Waals surface area contributed by atoms with Gasteiger partial charge in [0, 0.05) is 53.3 Å². The fourth-order valence-corrected chi connectivity index (χ4v) is 4.50. The zero-order valence-electron chi connectivity index (χ0n) is 25.6. The summed E-state index contributed by atoms with van der Waals surface area (Å²) in [7, 11) is 0. The summed E-state index contributed by atoms with van der Waals surface area (Å²) in [6.07, 6.45) is 0. The molecule has 0 aromatic heterocycles. The summed E-state index contributed by atoms with van der Waals surface area (Å²) in [4.78, 5) is 2.19. The van der Waals surface area contributed by atoms with Gasteiger partial charge in [-0.2, -0.15) is 0 Å². The molecule has 3 aromatic rings. The first-order chi connectivity index (χ1) is 18.5. The van der Waals surface area contributed by atoms with Crippen molar-refractivity contribution >= 4 is 17.1 Å². The predicted octanol–water partition coefficient (Wildman–Crippen LogP) is 8.20. The highest BCUT2D eigenvalue weighted by molar-refractivity contribution is 5.59. The van der Waals surface area contributed by atoms with Gasteiger partial charge in [-0.15, -0.1) is 0 Å². The number of nitrogens with zero attached hydrogens (tertiary/aromatic N) is 4. The summed E-state index contributed by atoms with van der Waals surface area (Å²) < 4.78 is 0. The molecule has 3 rings (SSSR count). The molecule has 0 atom stereocenters. The number of para-hydroxylation sites is 3. The summed E-state index contributed by atoms with van der Waals surface area (Å²) in [5.41, 5.74) is 2.67. The molecule has 0 heterocycles. The largest absolute Gasteiger partial charge is 0.758 e. The van der Waals surface area contributed by atoms with Gasteiger partial charge in [0.05, 0.1) is 0 Å². The number of anilines is 3. The monoisotopic (exact) mass is 545 g/mol. The van der Waals surface area contributed by atoms with E-state index in [-0.39, 0.29) is 0 Å². The normalized spacial score (nSPS) is 12.5. The van der Waals surface area contributed by atoms with Crippen molar-refractivity contribution in [1.29, 1.82) is 0 Å². The highest BCUT2D eigenvalue weighted by atomic mass is 16.5. The lowest BCUT2D eigenvalue weighted by Gasteiger charge is -2.46. The van der Waals surface area contributed by atoms with Crippen LogP contribution in [-0.4, -0.2) is 21.5 Å². The third-order valence-electron chi connectivity index (χ3n) is 6.64. The van der Waals surface area contributed by atoms with Crippen molar-refractivity contribution in [2.24, 2.45) is 0 Å². The van der Waals surface area contributed by atoms with E-state index in [1.165, 1.54) is 0 Å². The Kier molecular flexibility index (Phi) is 9.58. The van der Waals surface area contributed by atoms with Crippen LogP contribution in [-0.2, 0) is 19.6 Å². The molecule has 0 aliphatic carbocycles. The van der Waals surface area contributed by atoms with Crippen LogP contribution in [0, 0.1) is 15.6 Å². The number of benzene rings is 3. The summed E-state index contributed by atoms with van der Waals surface area (Å²) in [6, 6.07) is 22.9. The molecule has 3 aromatic carbocycles. The Bertz CT molecular complexity index is 1100. The van der Waals surface area contributed by atoms with Crippen molar-refractivity contribution in [3.05, 3.63) is 105 Å². The van der Waals surface area contributed by atoms with Crippen LogP contribution >= 0.6 is 0 Å². The predicted molar refractivity (Wildman–Crippen MR) is 169 cm³/mol. The van der Waals surface area contributed by atoms with E-state index in [2.05, 4.69) is 4.90 Å². The summed E-state index contributed by atoms with van der Waals surface area (Å²) >= 11 is 0. The fraction of sp³-hybridized carbons (Fsp3) is 0.455. The van der Waals surface area contributed by atoms with E-state index in [1.807, 2.05) is 135 Å². The molecular weight excluding hydrogens is 500 g/mol. The molecule has 0 bridgehead atoms. The average molecular weight is 546 g/mol. The molecule has 0 spiro atoms. The number of hydrogen-bond acceptors (Lipinski definition) is 7. The van der Waals surface area contributed by atoms with Crippen molar-refractivity contribution in [3.63, 3.8) is 0 Å². The Labute approximate surface area is 240 Å². The first kappa shape index (κ1) is 31.4. The summed E-state index contributed by atoms with van der Waals surface area (Å²) in [6.45, 7) is 18.4. The second-order valence-electron chi connectivity index (χ2n) is 13.4. The standard InChI is InChI=1S/C33H45N4O3/c1-31(2,3)35(38)28-19-13-10-16-25(28)22-34(23-26-17-11-14-20-29(26)36(39)32(4,5)6)24-27-18-12-15-21-30(27)37(40)33(7,8)9/h10-21H,22-24H2,1-9H3/q-3. The Hall–Kier alpha value is -3.10. The maximum Gasteiger partial charge on any atom is 0.0308 e. The van der Waals surface area contributed by atoms with Gasteiger partial charge < -0.3 is 30.8 Å². The van der Waals surface area contributed by atoms with Crippen LogP contribution in [0.15, 0.2) is 72.8 Å². The molecule has 7 heteroatoms. The second kappa shape index (κ2) is 12.2. The van der Waals surface area contributed by atoms with Crippen molar-refractivity contribution in [2.75, 3.05) is 15.2 Å². The van der Waals surface area contributed by atoms with E-state index >= 15 is 0 Å². The first-order valence-electron chi connectivity index (χ1n) is 13.9. The Morgan fingerprint density at radius 2 is 0.650 bits per heavy atom. The van der Waals surface area contributed by atoms with Crippen LogP contribution in [0.4, 0.5) is 17.1 Å². The Morgan fingerprint density at radius 1 is 0.425 bits per heavy atom. The van der Waals surface area contributed by atoms with Crippen LogP contribution in [0.2, 0.25) is 0 Å². The first-order valence-corrected chi connectivity index (χ1v) is 13.9. The van der Waals surface area contributed by atoms with Crippen molar-refractivity contribution in [2.45, 2.75) is 98.6 Å². The van der Waals surface area contributed by atoms with Gasteiger partial charge in [-0.3, -0.25) is 4.90 Å². The van der Waals surface area contributed by atoms with Gasteiger partial charge in [0.1, 0.15) is 0 Å². The van der Waals surface area contributed by atoms with E-state index in [0.29, 0.717) is 36.7 Å². The molecule has 0 aliphatic rings. The highest BCUT2D eigenvalue weighted by Crippen LogP contribution is 2.33. The SMILES string of the molecule is CC(C)(C)N([O-])c1ccccc1CN(Cc1ccccc1N([O-])C(C)(C)C)Cc1ccccc1N([O-])C(C)(C)C. The van der Waals surface area contributed by atoms with Crippen LogP contribution in [0.3, 0.4) is 0 Å². The number of hydroxylamine groups is 3. The van der Waals surface area contributed by atoms with E-state index in [1.54, 1.807) is 0 Å². The Morgan fingerprint density at radius 3 is 0.875 bits per heavy atom. The van der Waals surface area contributed by atoms with E-state index in [4.69, 9.17) is 0 Å². The molecule has 0 unspecified atom stereocenters. The summed E-state index contributed by atoms with van der Waals surface area (Å²) in [5.74, 6) is 0. The Balaban J connectivity index is 2.08. The molecular formula is C33H45N4O3-3. The summed E-state index contributed by atoms with van der Waals surface area (Å²) in [5, 5.41) is 43.1. The van der Waals surface area contributed by atoms with Gasteiger partial charge >= 0.3 is 0 Å². The zero-order valence-corrected chi connectivity index (χ0v) is 25.6. The van der Waals surface area contributed by atoms with Crippen LogP contribution in [0.25, 0.3) is 0 Å². The minimum Gasteiger partial charge on any atom is -0.758 e. The lowest BCUT2D eigenvalue weighted by Crippen LogP contribution is -2.38.